The molecule has 0 radical (unpaired) electrons. The molecule has 0 aliphatic heterocycles. The van der Waals surface area contributed by atoms with Crippen molar-refractivity contribution in [2.45, 2.75) is 32.3 Å². The predicted octanol–water partition coefficient (Wildman–Crippen LogP) is 5.32. The fraction of sp³-hybridized carbons (Fsp3) is 0.250. The summed E-state index contributed by atoms with van der Waals surface area (Å²) in [6.45, 7) is 3.25. The summed E-state index contributed by atoms with van der Waals surface area (Å²) < 4.78 is 45.2. The monoisotopic (exact) mass is 604 g/mol. The van der Waals surface area contributed by atoms with Gasteiger partial charge in [0.25, 0.3) is 0 Å². The highest BCUT2D eigenvalue weighted by atomic mass is 19.1. The molecule has 5 rings (SSSR count). The zero-order valence-electron chi connectivity index (χ0n) is 24.0. The first-order chi connectivity index (χ1) is 21.0. The number of nitrogens with one attached hydrogen (secondary N) is 2. The average molecular weight is 605 g/mol. The van der Waals surface area contributed by atoms with E-state index in [1.165, 1.54) is 42.6 Å². The third kappa shape index (κ3) is 6.92. The van der Waals surface area contributed by atoms with Crippen molar-refractivity contribution < 1.29 is 37.4 Å². The average Bonchev–Trinajstić information content (AvgIpc) is 3.81. The van der Waals surface area contributed by atoms with Crippen LogP contribution in [-0.4, -0.2) is 41.5 Å². The molecule has 4 aromatic rings. The number of amides is 2. The highest BCUT2D eigenvalue weighted by molar-refractivity contribution is 6.16. The Morgan fingerprint density at radius 1 is 0.909 bits per heavy atom. The summed E-state index contributed by atoms with van der Waals surface area (Å²) >= 11 is 0. The van der Waals surface area contributed by atoms with E-state index < -0.39 is 40.4 Å². The van der Waals surface area contributed by atoms with Crippen LogP contribution in [0.4, 0.5) is 20.2 Å². The molecule has 3 aromatic carbocycles. The summed E-state index contributed by atoms with van der Waals surface area (Å²) in [6.07, 6.45) is 2.17. The lowest BCUT2D eigenvalue weighted by Gasteiger charge is -2.25. The molecule has 0 atom stereocenters. The molecule has 228 valence electrons. The molecule has 1 aliphatic rings. The molecule has 0 spiro atoms. The topological polar surface area (TPSA) is 142 Å². The van der Waals surface area contributed by atoms with Gasteiger partial charge in [0.15, 0.2) is 11.6 Å². The maximum absolute atomic E-state index is 15.1. The number of halogens is 2. The lowest BCUT2D eigenvalue weighted by Crippen LogP contribution is -2.36. The fourth-order valence-electron chi connectivity index (χ4n) is 4.41. The van der Waals surface area contributed by atoms with E-state index in [1.807, 2.05) is 0 Å². The molecule has 12 heteroatoms. The van der Waals surface area contributed by atoms with Crippen molar-refractivity contribution in [1.82, 2.24) is 4.98 Å². The Bertz CT molecular complexity index is 1720. The van der Waals surface area contributed by atoms with E-state index in [0.717, 1.165) is 6.07 Å². The van der Waals surface area contributed by atoms with Crippen LogP contribution < -0.4 is 25.8 Å². The molecule has 1 aromatic heterocycles. The second-order valence-electron chi connectivity index (χ2n) is 11.0. The van der Waals surface area contributed by atoms with E-state index >= 15 is 4.39 Å². The second-order valence-corrected chi connectivity index (χ2v) is 11.0. The third-order valence-corrected chi connectivity index (χ3v) is 6.95. The summed E-state index contributed by atoms with van der Waals surface area (Å²) in [7, 11) is 0. The van der Waals surface area contributed by atoms with Gasteiger partial charge in [-0.3, -0.25) is 19.4 Å². The summed E-state index contributed by atoms with van der Waals surface area (Å²) in [5.74, 6) is -2.08. The Morgan fingerprint density at radius 3 is 2.25 bits per heavy atom. The van der Waals surface area contributed by atoms with Crippen LogP contribution >= 0.6 is 0 Å². The maximum atomic E-state index is 15.1. The number of ether oxygens (including phenoxy) is 3. The van der Waals surface area contributed by atoms with Gasteiger partial charge in [0.2, 0.25) is 11.8 Å². The van der Waals surface area contributed by atoms with E-state index in [1.54, 1.807) is 38.1 Å². The number of hydrogen-bond acceptors (Lipinski definition) is 8. The van der Waals surface area contributed by atoms with E-state index in [2.05, 4.69) is 15.6 Å². The number of carbonyl (C=O) groups is 3. The minimum Gasteiger partial charge on any atom is -0.489 e. The van der Waals surface area contributed by atoms with Gasteiger partial charge in [0, 0.05) is 35.1 Å². The van der Waals surface area contributed by atoms with E-state index in [-0.39, 0.29) is 24.6 Å². The van der Waals surface area contributed by atoms with Crippen molar-refractivity contribution in [2.75, 3.05) is 23.8 Å². The van der Waals surface area contributed by atoms with Crippen LogP contribution in [0.25, 0.3) is 10.9 Å². The van der Waals surface area contributed by atoms with Gasteiger partial charge < -0.3 is 30.6 Å². The van der Waals surface area contributed by atoms with Crippen LogP contribution in [0.2, 0.25) is 0 Å². The van der Waals surface area contributed by atoms with Gasteiger partial charge in [0.05, 0.1) is 12.1 Å². The van der Waals surface area contributed by atoms with Gasteiger partial charge in [-0.25, -0.2) is 8.78 Å². The molecular formula is C32H30F2N4O6. The first-order valence-corrected chi connectivity index (χ1v) is 13.8. The third-order valence-electron chi connectivity index (χ3n) is 6.95. The van der Waals surface area contributed by atoms with Crippen LogP contribution in [-0.2, 0) is 19.1 Å². The molecule has 1 fully saturated rings. The van der Waals surface area contributed by atoms with Crippen LogP contribution in [0, 0.1) is 17.0 Å². The van der Waals surface area contributed by atoms with Gasteiger partial charge in [-0.1, -0.05) is 0 Å². The van der Waals surface area contributed by atoms with E-state index in [0.29, 0.717) is 40.9 Å². The number of carbonyl (C=O) groups excluding carboxylic acids is 3. The van der Waals surface area contributed by atoms with Crippen LogP contribution in [0.3, 0.4) is 0 Å². The van der Waals surface area contributed by atoms with Gasteiger partial charge >= 0.3 is 5.97 Å². The van der Waals surface area contributed by atoms with Crippen molar-refractivity contribution in [1.29, 1.82) is 0 Å². The van der Waals surface area contributed by atoms with Crippen molar-refractivity contribution in [2.24, 2.45) is 11.1 Å². The standard InChI is InChI=1S/C32H30F2N4O6/c1-31(2,44-28(39)17-35)18-42-22-8-9-23-25(16-22)36-14-11-26(23)43-27-10-7-21(15-24(27)34)38-30(41)32(12-13-32)29(40)37-20-5-3-19(33)4-6-20/h3-11,14-16H,12-13,17-18,35H2,1-2H3,(H,37,40)(H,38,41). The van der Waals surface area contributed by atoms with Gasteiger partial charge in [-0.15, -0.1) is 0 Å². The maximum Gasteiger partial charge on any atom is 0.320 e. The molecule has 44 heavy (non-hydrogen) atoms. The van der Waals surface area contributed by atoms with Gasteiger partial charge in [-0.2, -0.15) is 0 Å². The van der Waals surface area contributed by atoms with Gasteiger partial charge in [0.1, 0.15) is 34.9 Å². The Labute approximate surface area is 251 Å². The summed E-state index contributed by atoms with van der Waals surface area (Å²) in [5.41, 5.74) is 4.16. The Hall–Kier alpha value is -5.10. The number of hydrogen-bond donors (Lipinski definition) is 3. The Balaban J connectivity index is 1.23. The van der Waals surface area contributed by atoms with Crippen LogP contribution in [0.5, 0.6) is 17.2 Å². The number of fused-ring (bicyclic) bond motifs is 1. The highest BCUT2D eigenvalue weighted by Gasteiger charge is 2.56. The van der Waals surface area contributed by atoms with Crippen molar-refractivity contribution in [3.8, 4) is 17.2 Å². The van der Waals surface area contributed by atoms with E-state index in [9.17, 15) is 18.8 Å². The molecular weight excluding hydrogens is 574 g/mol. The number of pyridine rings is 1. The normalized spacial score (nSPS) is 13.6. The van der Waals surface area contributed by atoms with Crippen molar-refractivity contribution in [3.63, 3.8) is 0 Å². The van der Waals surface area contributed by atoms with E-state index in [4.69, 9.17) is 19.9 Å². The summed E-state index contributed by atoms with van der Waals surface area (Å²) in [5, 5.41) is 5.83. The second kappa shape index (κ2) is 12.3. The molecule has 0 bridgehead atoms. The predicted molar refractivity (Wildman–Crippen MR) is 158 cm³/mol. The van der Waals surface area contributed by atoms with Gasteiger partial charge in [-0.05, 0) is 81.3 Å². The first-order valence-electron chi connectivity index (χ1n) is 13.8. The van der Waals surface area contributed by atoms with Crippen molar-refractivity contribution in [3.05, 3.63) is 84.6 Å². The first kappa shape index (κ1) is 30.4. The van der Waals surface area contributed by atoms with Crippen LogP contribution in [0.1, 0.15) is 26.7 Å². The van der Waals surface area contributed by atoms with Crippen molar-refractivity contribution >= 4 is 40.1 Å². The number of anilines is 2. The molecule has 2 amide bonds. The van der Waals surface area contributed by atoms with Crippen LogP contribution in [0.15, 0.2) is 72.9 Å². The lowest BCUT2D eigenvalue weighted by atomic mass is 10.0. The minimum atomic E-state index is -1.29. The molecule has 1 aliphatic carbocycles. The molecule has 4 N–H and O–H groups in total. The molecule has 1 heterocycles. The molecule has 0 unspecified atom stereocenters. The number of nitrogens with two attached hydrogens (primary N) is 1. The molecule has 0 saturated heterocycles. The number of aromatic nitrogens is 1. The smallest absolute Gasteiger partial charge is 0.320 e. The number of rotatable bonds is 11. The largest absolute Gasteiger partial charge is 0.489 e. The summed E-state index contributed by atoms with van der Waals surface area (Å²) in [6, 6.07) is 15.8. The zero-order chi connectivity index (χ0) is 31.5. The highest BCUT2D eigenvalue weighted by Crippen LogP contribution is 2.47. The number of esters is 1. The minimum absolute atomic E-state index is 0.0780. The fourth-order valence-corrected chi connectivity index (χ4v) is 4.41. The lowest BCUT2D eigenvalue weighted by molar-refractivity contribution is -0.157. The molecule has 10 nitrogen and oxygen atoms in total. The Morgan fingerprint density at radius 2 is 1.59 bits per heavy atom. The Kier molecular flexibility index (Phi) is 8.45. The SMILES string of the molecule is CC(C)(COc1ccc2c(Oc3ccc(NC(=O)C4(C(=O)Nc5ccc(F)cc5)CC4)cc3F)ccnc2c1)OC(=O)CN. The number of nitrogens with zero attached hydrogens (tertiary/aromatic N) is 1. The quantitative estimate of drug-likeness (QED) is 0.154. The zero-order valence-corrected chi connectivity index (χ0v) is 24.0. The molecule has 1 saturated carbocycles. The number of benzene rings is 3. The summed E-state index contributed by atoms with van der Waals surface area (Å²) in [4.78, 5) is 41.6.